The van der Waals surface area contributed by atoms with Crippen LogP contribution >= 0.6 is 7.82 Å². The lowest BCUT2D eigenvalue weighted by atomic mass is 10.1. The normalized spacial score (nSPS) is 15.3. The van der Waals surface area contributed by atoms with E-state index in [2.05, 4.69) is 141 Å². The van der Waals surface area contributed by atoms with Gasteiger partial charge in [0.1, 0.15) is 13.2 Å². The summed E-state index contributed by atoms with van der Waals surface area (Å²) in [6.45, 7) is 4.32. The van der Waals surface area contributed by atoms with Gasteiger partial charge in [-0.25, -0.2) is 0 Å². The van der Waals surface area contributed by atoms with Crippen molar-refractivity contribution in [1.82, 2.24) is 5.32 Å². The molecule has 0 aliphatic carbocycles. The molecule has 356 valence electrons. The number of aliphatic hydroxyl groups excluding tert-OH is 1. The number of carbonyl (C=O) groups excluding carboxylic acids is 1. The summed E-state index contributed by atoms with van der Waals surface area (Å²) in [7, 11) is 1.22. The SMILES string of the molecule is CC/C=C\C/C=C\C/C=C\C/C=C\C/C=C\C/C=C\C/C=C\C/C=C\C/C=C\C/C=C\CCCCCCCCC(=O)NC(COP(=O)([O-])OCC[N+](C)(C)C)C(O)/C=C/CCCC. The zero-order chi connectivity index (χ0) is 46.4. The lowest BCUT2D eigenvalue weighted by Crippen LogP contribution is -2.45. The maximum atomic E-state index is 12.7. The summed E-state index contributed by atoms with van der Waals surface area (Å²) in [5.74, 6) is -0.230. The van der Waals surface area contributed by atoms with E-state index in [4.69, 9.17) is 9.05 Å². The minimum Gasteiger partial charge on any atom is -0.756 e. The van der Waals surface area contributed by atoms with Gasteiger partial charge in [0.25, 0.3) is 7.82 Å². The van der Waals surface area contributed by atoms with Crippen molar-refractivity contribution in [2.45, 2.75) is 161 Å². The van der Waals surface area contributed by atoms with Gasteiger partial charge in [-0.05, 0) is 89.9 Å². The molecule has 0 bridgehead atoms. The van der Waals surface area contributed by atoms with E-state index in [0.29, 0.717) is 17.4 Å². The fraction of sp³-hybridized carbons (Fsp3) is 0.574. The minimum absolute atomic E-state index is 0.0130. The molecule has 1 amide bonds. The third-order valence-electron chi connectivity index (χ3n) is 9.62. The summed E-state index contributed by atoms with van der Waals surface area (Å²) in [4.78, 5) is 25.0. The number of hydrogen-bond acceptors (Lipinski definition) is 6. The van der Waals surface area contributed by atoms with E-state index >= 15 is 0 Å². The molecule has 0 saturated heterocycles. The zero-order valence-corrected chi connectivity index (χ0v) is 41.1. The topological polar surface area (TPSA) is 108 Å². The fourth-order valence-electron chi connectivity index (χ4n) is 5.81. The summed E-state index contributed by atoms with van der Waals surface area (Å²) in [5.41, 5.74) is 0. The highest BCUT2D eigenvalue weighted by atomic mass is 31.2. The fourth-order valence-corrected chi connectivity index (χ4v) is 6.53. The van der Waals surface area contributed by atoms with Gasteiger partial charge < -0.3 is 28.8 Å². The number of rotatable bonds is 41. The lowest BCUT2D eigenvalue weighted by Gasteiger charge is -2.29. The van der Waals surface area contributed by atoms with Gasteiger partial charge in [-0.3, -0.25) is 9.36 Å². The van der Waals surface area contributed by atoms with Crippen LogP contribution in [0.3, 0.4) is 0 Å². The Bertz CT molecular complexity index is 1480. The molecule has 0 aromatic carbocycles. The lowest BCUT2D eigenvalue weighted by molar-refractivity contribution is -0.870. The Kier molecular flexibility index (Phi) is 41.5. The van der Waals surface area contributed by atoms with Gasteiger partial charge in [0, 0.05) is 6.42 Å². The van der Waals surface area contributed by atoms with E-state index in [0.717, 1.165) is 128 Å². The summed E-state index contributed by atoms with van der Waals surface area (Å²) >= 11 is 0. The zero-order valence-electron chi connectivity index (χ0n) is 40.2. The number of phosphoric acid groups is 1. The molecule has 0 heterocycles. The Morgan fingerprint density at radius 2 is 0.968 bits per heavy atom. The van der Waals surface area contributed by atoms with Crippen LogP contribution in [0.15, 0.2) is 134 Å². The number of unbranched alkanes of at least 4 members (excludes halogenated alkanes) is 8. The average Bonchev–Trinajstić information content (AvgIpc) is 3.24. The molecule has 2 N–H and O–H groups in total. The molecule has 0 fully saturated rings. The van der Waals surface area contributed by atoms with E-state index < -0.39 is 26.6 Å². The minimum atomic E-state index is -4.58. The number of carbonyl (C=O) groups is 1. The van der Waals surface area contributed by atoms with Crippen LogP contribution in [0.5, 0.6) is 0 Å². The van der Waals surface area contributed by atoms with Crippen molar-refractivity contribution in [3.05, 3.63) is 134 Å². The highest BCUT2D eigenvalue weighted by Gasteiger charge is 2.23. The van der Waals surface area contributed by atoms with Gasteiger partial charge in [-0.15, -0.1) is 0 Å². The first-order valence-corrected chi connectivity index (χ1v) is 25.5. The quantitative estimate of drug-likeness (QED) is 0.0274. The van der Waals surface area contributed by atoms with Gasteiger partial charge in [-0.1, -0.05) is 186 Å². The average molecular weight is 893 g/mol. The molecule has 0 aliphatic rings. The van der Waals surface area contributed by atoms with Gasteiger partial charge >= 0.3 is 0 Å². The van der Waals surface area contributed by atoms with E-state index in [1.807, 2.05) is 27.2 Å². The Balaban J connectivity index is 4.00. The summed E-state index contributed by atoms with van der Waals surface area (Å²) in [6.07, 6.45) is 67.3. The van der Waals surface area contributed by atoms with Crippen molar-refractivity contribution in [2.75, 3.05) is 40.9 Å². The molecule has 8 nitrogen and oxygen atoms in total. The number of aliphatic hydroxyl groups is 1. The maximum absolute atomic E-state index is 12.7. The molecule has 63 heavy (non-hydrogen) atoms. The highest BCUT2D eigenvalue weighted by molar-refractivity contribution is 7.45. The van der Waals surface area contributed by atoms with Gasteiger partial charge in [0.2, 0.25) is 5.91 Å². The number of hydrogen-bond donors (Lipinski definition) is 2. The molecule has 9 heteroatoms. The van der Waals surface area contributed by atoms with Crippen LogP contribution < -0.4 is 10.2 Å². The third-order valence-corrected chi connectivity index (χ3v) is 10.6. The second-order valence-corrected chi connectivity index (χ2v) is 18.1. The molecule has 3 unspecified atom stereocenters. The Labute approximate surface area is 386 Å². The first-order chi connectivity index (χ1) is 30.5. The highest BCUT2D eigenvalue weighted by Crippen LogP contribution is 2.38. The third kappa shape index (κ3) is 46.4. The van der Waals surface area contributed by atoms with Crippen molar-refractivity contribution in [3.63, 3.8) is 0 Å². The summed E-state index contributed by atoms with van der Waals surface area (Å²) in [6, 6.07) is -0.899. The van der Waals surface area contributed by atoms with Gasteiger partial charge in [0.15, 0.2) is 0 Å². The summed E-state index contributed by atoms with van der Waals surface area (Å²) in [5, 5.41) is 13.5. The van der Waals surface area contributed by atoms with E-state index in [-0.39, 0.29) is 12.5 Å². The number of likely N-dealkylation sites (N-methyl/N-ethyl adjacent to an activating group) is 1. The number of phosphoric ester groups is 1. The number of nitrogens with one attached hydrogen (secondary N) is 1. The monoisotopic (exact) mass is 893 g/mol. The van der Waals surface area contributed by atoms with Crippen LogP contribution in [0.25, 0.3) is 0 Å². The predicted octanol–water partition coefficient (Wildman–Crippen LogP) is 13.4. The van der Waals surface area contributed by atoms with Crippen LogP contribution in [-0.2, 0) is 18.4 Å². The molecular weight excluding hydrogens is 804 g/mol. The van der Waals surface area contributed by atoms with Crippen molar-refractivity contribution < 1.29 is 32.9 Å². The first-order valence-electron chi connectivity index (χ1n) is 24.0. The molecule has 0 aliphatic heterocycles. The van der Waals surface area contributed by atoms with Crippen molar-refractivity contribution in [1.29, 1.82) is 0 Å². The largest absolute Gasteiger partial charge is 0.756 e. The van der Waals surface area contributed by atoms with Crippen molar-refractivity contribution >= 4 is 13.7 Å². The summed E-state index contributed by atoms with van der Waals surface area (Å²) < 4.78 is 22.9. The Morgan fingerprint density at radius 3 is 1.40 bits per heavy atom. The van der Waals surface area contributed by atoms with Crippen LogP contribution in [0, 0.1) is 0 Å². The number of allylic oxidation sites excluding steroid dienone is 21. The van der Waals surface area contributed by atoms with E-state index in [1.54, 1.807) is 6.08 Å². The predicted molar refractivity (Wildman–Crippen MR) is 269 cm³/mol. The molecule has 0 rings (SSSR count). The van der Waals surface area contributed by atoms with Gasteiger partial charge in [-0.2, -0.15) is 0 Å². The van der Waals surface area contributed by atoms with Crippen molar-refractivity contribution in [2.24, 2.45) is 0 Å². The molecule has 0 saturated carbocycles. The Hall–Kier alpha value is -3.36. The molecule has 0 spiro atoms. The number of amides is 1. The maximum Gasteiger partial charge on any atom is 0.268 e. The van der Waals surface area contributed by atoms with Crippen LogP contribution in [-0.4, -0.2) is 68.5 Å². The van der Waals surface area contributed by atoms with E-state index in [9.17, 15) is 19.4 Å². The smallest absolute Gasteiger partial charge is 0.268 e. The standard InChI is InChI=1S/C54H89N2O6P/c1-6-8-10-12-13-14-15-16-17-18-19-20-21-22-23-24-25-26-27-28-29-30-31-32-33-34-35-36-37-38-39-40-41-42-43-44-46-48-54(58)55-52(53(57)47-45-11-9-7-2)51-62-63(59,60)61-50-49-56(3,4)5/h8,10,13-14,16-17,19-20,22-23,25-26,28-29,31-32,34-35,37-38,45,47,52-53,57H,6-7,9,11-12,15,18,21,24,27,30,33,36,39-44,46,48-51H2,1-5H3,(H-,55,58,59,60)/b10-8-,14-13-,17-16-,20-19-,23-22-,26-25-,29-28-,32-31-,35-34-,38-37-,47-45+. The van der Waals surface area contributed by atoms with E-state index in [1.165, 1.54) is 0 Å². The van der Waals surface area contributed by atoms with Crippen LogP contribution in [0.2, 0.25) is 0 Å². The van der Waals surface area contributed by atoms with Crippen molar-refractivity contribution in [3.8, 4) is 0 Å². The second-order valence-electron chi connectivity index (χ2n) is 16.7. The van der Waals surface area contributed by atoms with Gasteiger partial charge in [0.05, 0.1) is 39.9 Å². The molecule has 0 aromatic rings. The number of nitrogens with zero attached hydrogens (tertiary/aromatic N) is 1. The Morgan fingerprint density at radius 1 is 0.571 bits per heavy atom. The van der Waals surface area contributed by atoms with Crippen LogP contribution in [0.1, 0.15) is 149 Å². The second kappa shape index (κ2) is 43.9. The molecule has 0 radical (unpaired) electrons. The molecule has 3 atom stereocenters. The van der Waals surface area contributed by atoms with Crippen LogP contribution in [0.4, 0.5) is 0 Å². The first kappa shape index (κ1) is 59.6. The molecular formula is C54H89N2O6P. The molecule has 0 aromatic heterocycles. The number of quaternary nitrogens is 1.